The van der Waals surface area contributed by atoms with Crippen LogP contribution in [0.25, 0.3) is 0 Å². The van der Waals surface area contributed by atoms with Gasteiger partial charge in [0.2, 0.25) is 0 Å². The fraction of sp³-hybridized carbons (Fsp3) is 0.923. The number of nitrogens with two attached hydrogens (primary N) is 1. The third kappa shape index (κ3) is 3.22. The fourth-order valence-corrected chi connectivity index (χ4v) is 2.65. The van der Waals surface area contributed by atoms with E-state index in [9.17, 15) is 4.79 Å². The zero-order valence-corrected chi connectivity index (χ0v) is 11.0. The minimum absolute atomic E-state index is 0.0589. The molecule has 5 heteroatoms. The molecule has 3 atom stereocenters. The third-order valence-corrected chi connectivity index (χ3v) is 3.73. The largest absolute Gasteiger partial charge is 0.465 e. The summed E-state index contributed by atoms with van der Waals surface area (Å²) in [7, 11) is 0. The van der Waals surface area contributed by atoms with Crippen LogP contribution in [-0.4, -0.2) is 43.5 Å². The second kappa shape index (κ2) is 5.99. The molecule has 1 heterocycles. The zero-order chi connectivity index (χ0) is 13.0. The van der Waals surface area contributed by atoms with E-state index in [0.29, 0.717) is 26.1 Å². The molecule has 1 aliphatic heterocycles. The van der Waals surface area contributed by atoms with Crippen molar-refractivity contribution in [3.05, 3.63) is 0 Å². The van der Waals surface area contributed by atoms with Crippen LogP contribution in [0, 0.1) is 0 Å². The van der Waals surface area contributed by atoms with Crippen molar-refractivity contribution < 1.29 is 19.0 Å². The average molecular weight is 257 g/mol. The first-order valence-electron chi connectivity index (χ1n) is 6.83. The Morgan fingerprint density at radius 3 is 3.00 bits per heavy atom. The van der Waals surface area contributed by atoms with Gasteiger partial charge in [0.05, 0.1) is 25.4 Å². The van der Waals surface area contributed by atoms with E-state index in [1.807, 2.05) is 0 Å². The van der Waals surface area contributed by atoms with Crippen molar-refractivity contribution in [3.63, 3.8) is 0 Å². The number of ether oxygens (including phenoxy) is 3. The molecule has 0 spiro atoms. The summed E-state index contributed by atoms with van der Waals surface area (Å²) in [5, 5.41) is 0. The molecule has 18 heavy (non-hydrogen) atoms. The number of esters is 1. The fourth-order valence-electron chi connectivity index (χ4n) is 2.65. The molecule has 3 unspecified atom stereocenters. The summed E-state index contributed by atoms with van der Waals surface area (Å²) in [4.78, 5) is 11.7. The quantitative estimate of drug-likeness (QED) is 0.744. The molecule has 1 saturated heterocycles. The van der Waals surface area contributed by atoms with Crippen LogP contribution in [0.15, 0.2) is 0 Å². The van der Waals surface area contributed by atoms with Crippen LogP contribution in [0.3, 0.4) is 0 Å². The molecule has 0 bridgehead atoms. The highest BCUT2D eigenvalue weighted by molar-refractivity contribution is 5.81. The predicted molar refractivity (Wildman–Crippen MR) is 66.1 cm³/mol. The van der Waals surface area contributed by atoms with E-state index in [2.05, 4.69) is 0 Å². The lowest BCUT2D eigenvalue weighted by molar-refractivity contribution is -0.149. The predicted octanol–water partition coefficient (Wildman–Crippen LogP) is 0.995. The molecule has 1 saturated carbocycles. The van der Waals surface area contributed by atoms with Gasteiger partial charge >= 0.3 is 5.97 Å². The lowest BCUT2D eigenvalue weighted by Crippen LogP contribution is -2.47. The van der Waals surface area contributed by atoms with E-state index >= 15 is 0 Å². The first-order chi connectivity index (χ1) is 8.64. The van der Waals surface area contributed by atoms with E-state index in [1.54, 1.807) is 6.92 Å². The van der Waals surface area contributed by atoms with E-state index in [1.165, 1.54) is 0 Å². The van der Waals surface area contributed by atoms with Crippen molar-refractivity contribution in [2.75, 3.05) is 19.8 Å². The second-order valence-electron chi connectivity index (χ2n) is 5.21. The third-order valence-electron chi connectivity index (χ3n) is 3.73. The van der Waals surface area contributed by atoms with Crippen LogP contribution >= 0.6 is 0 Å². The number of carbonyl (C=O) groups excluding carboxylic acids is 1. The SMILES string of the molecule is CCOC(=O)C1(N)CCC(OCC2CCCO2)C1. The number of hydrogen-bond acceptors (Lipinski definition) is 5. The van der Waals surface area contributed by atoms with Crippen LogP contribution < -0.4 is 5.73 Å². The highest BCUT2D eigenvalue weighted by Gasteiger charge is 2.43. The molecule has 1 aliphatic carbocycles. The Hall–Kier alpha value is -0.650. The molecule has 0 aromatic heterocycles. The summed E-state index contributed by atoms with van der Waals surface area (Å²) >= 11 is 0. The summed E-state index contributed by atoms with van der Waals surface area (Å²) < 4.78 is 16.3. The molecule has 2 rings (SSSR count). The molecule has 0 aromatic carbocycles. The molecule has 104 valence electrons. The van der Waals surface area contributed by atoms with Gasteiger partial charge in [-0.05, 0) is 32.6 Å². The van der Waals surface area contributed by atoms with Gasteiger partial charge in [0.25, 0.3) is 0 Å². The Labute approximate surface area is 108 Å². The van der Waals surface area contributed by atoms with Gasteiger partial charge in [0.15, 0.2) is 0 Å². The molecule has 0 amide bonds. The lowest BCUT2D eigenvalue weighted by atomic mass is 9.99. The van der Waals surface area contributed by atoms with Crippen LogP contribution in [-0.2, 0) is 19.0 Å². The molecule has 2 N–H and O–H groups in total. The summed E-state index contributed by atoms with van der Waals surface area (Å²) in [5.74, 6) is -0.298. The van der Waals surface area contributed by atoms with Crippen molar-refractivity contribution in [2.24, 2.45) is 5.73 Å². The molecule has 0 aromatic rings. The second-order valence-corrected chi connectivity index (χ2v) is 5.21. The van der Waals surface area contributed by atoms with Crippen LogP contribution in [0.5, 0.6) is 0 Å². The maximum absolute atomic E-state index is 11.7. The average Bonchev–Trinajstić information content (AvgIpc) is 2.97. The summed E-state index contributed by atoms with van der Waals surface area (Å²) in [6.07, 6.45) is 4.48. The number of hydrogen-bond donors (Lipinski definition) is 1. The summed E-state index contributed by atoms with van der Waals surface area (Å²) in [5.41, 5.74) is 5.23. The molecular weight excluding hydrogens is 234 g/mol. The van der Waals surface area contributed by atoms with Gasteiger partial charge in [0, 0.05) is 13.0 Å². The van der Waals surface area contributed by atoms with Gasteiger partial charge in [-0.1, -0.05) is 0 Å². The van der Waals surface area contributed by atoms with Crippen molar-refractivity contribution in [3.8, 4) is 0 Å². The van der Waals surface area contributed by atoms with Crippen LogP contribution in [0.1, 0.15) is 39.0 Å². The van der Waals surface area contributed by atoms with E-state index < -0.39 is 5.54 Å². The minimum Gasteiger partial charge on any atom is -0.465 e. The Morgan fingerprint density at radius 2 is 2.33 bits per heavy atom. The standard InChI is InChI=1S/C13H23NO4/c1-2-16-12(15)13(14)6-5-10(8-13)18-9-11-4-3-7-17-11/h10-11H,2-9,14H2,1H3. The van der Waals surface area contributed by atoms with E-state index in [4.69, 9.17) is 19.9 Å². The molecule has 2 aliphatic rings. The first-order valence-corrected chi connectivity index (χ1v) is 6.83. The van der Waals surface area contributed by atoms with Gasteiger partial charge < -0.3 is 19.9 Å². The highest BCUT2D eigenvalue weighted by atomic mass is 16.5. The van der Waals surface area contributed by atoms with Gasteiger partial charge in [0.1, 0.15) is 5.54 Å². The normalized spacial score (nSPS) is 35.9. The summed E-state index contributed by atoms with van der Waals surface area (Å²) in [6.45, 7) is 3.62. The summed E-state index contributed by atoms with van der Waals surface area (Å²) in [6, 6.07) is 0. The molecular formula is C13H23NO4. The van der Waals surface area contributed by atoms with Crippen molar-refractivity contribution in [2.45, 2.75) is 56.8 Å². The van der Waals surface area contributed by atoms with Crippen molar-refractivity contribution >= 4 is 5.97 Å². The van der Waals surface area contributed by atoms with Crippen LogP contribution in [0.4, 0.5) is 0 Å². The Bertz CT molecular complexity index is 291. The molecule has 0 radical (unpaired) electrons. The smallest absolute Gasteiger partial charge is 0.326 e. The monoisotopic (exact) mass is 257 g/mol. The zero-order valence-electron chi connectivity index (χ0n) is 11.0. The van der Waals surface area contributed by atoms with Crippen molar-refractivity contribution in [1.29, 1.82) is 0 Å². The lowest BCUT2D eigenvalue weighted by Gasteiger charge is -2.22. The minimum atomic E-state index is -0.850. The first kappa shape index (κ1) is 13.8. The van der Waals surface area contributed by atoms with Gasteiger partial charge in [-0.3, -0.25) is 4.79 Å². The number of rotatable bonds is 5. The topological polar surface area (TPSA) is 70.8 Å². The number of carbonyl (C=O) groups is 1. The van der Waals surface area contributed by atoms with Gasteiger partial charge in [-0.25, -0.2) is 0 Å². The Kier molecular flexibility index (Phi) is 4.59. The van der Waals surface area contributed by atoms with Gasteiger partial charge in [-0.2, -0.15) is 0 Å². The van der Waals surface area contributed by atoms with Crippen LogP contribution in [0.2, 0.25) is 0 Å². The molecule has 2 fully saturated rings. The van der Waals surface area contributed by atoms with E-state index in [0.717, 1.165) is 25.9 Å². The highest BCUT2D eigenvalue weighted by Crippen LogP contribution is 2.31. The maximum atomic E-state index is 11.7. The molecule has 5 nitrogen and oxygen atoms in total. The Morgan fingerprint density at radius 1 is 1.50 bits per heavy atom. The van der Waals surface area contributed by atoms with Gasteiger partial charge in [-0.15, -0.1) is 0 Å². The van der Waals surface area contributed by atoms with Crippen molar-refractivity contribution in [1.82, 2.24) is 0 Å². The Balaban J connectivity index is 1.74. The maximum Gasteiger partial charge on any atom is 0.326 e. The van der Waals surface area contributed by atoms with E-state index in [-0.39, 0.29) is 18.2 Å².